The Bertz CT molecular complexity index is 489. The summed E-state index contributed by atoms with van der Waals surface area (Å²) in [5, 5.41) is 0. The van der Waals surface area contributed by atoms with Gasteiger partial charge in [0.25, 0.3) is 0 Å². The number of nitrogens with two attached hydrogens (primary N) is 1. The molecular formula is C16H22N2O2. The zero-order valence-electron chi connectivity index (χ0n) is 11.8. The Morgan fingerprint density at radius 1 is 1.35 bits per heavy atom. The first-order valence-corrected chi connectivity index (χ1v) is 7.45. The Morgan fingerprint density at radius 3 is 2.95 bits per heavy atom. The van der Waals surface area contributed by atoms with E-state index in [4.69, 9.17) is 10.5 Å². The molecule has 2 unspecified atom stereocenters. The number of carbonyl (C=O) groups is 1. The average Bonchev–Trinajstić information content (AvgIpc) is 2.53. The van der Waals surface area contributed by atoms with Crippen LogP contribution in [0.4, 0.5) is 0 Å². The topological polar surface area (TPSA) is 55.6 Å². The molecule has 2 atom stereocenters. The van der Waals surface area contributed by atoms with Crippen molar-refractivity contribution in [3.8, 4) is 0 Å². The molecule has 108 valence electrons. The highest BCUT2D eigenvalue weighted by Crippen LogP contribution is 2.27. The number of hydrogen-bond donors (Lipinski definition) is 1. The van der Waals surface area contributed by atoms with Crippen LogP contribution < -0.4 is 5.73 Å². The maximum atomic E-state index is 12.7. The van der Waals surface area contributed by atoms with Crippen LogP contribution in [-0.4, -0.2) is 43.2 Å². The number of hydrogen-bond acceptors (Lipinski definition) is 3. The highest BCUT2D eigenvalue weighted by Gasteiger charge is 2.31. The molecule has 1 aromatic rings. The molecule has 1 aromatic carbocycles. The zero-order chi connectivity index (χ0) is 13.9. The first kappa shape index (κ1) is 13.6. The number of rotatable bonds is 2. The van der Waals surface area contributed by atoms with Gasteiger partial charge in [0, 0.05) is 25.6 Å². The lowest BCUT2D eigenvalue weighted by atomic mass is 9.83. The third-order valence-corrected chi connectivity index (χ3v) is 4.41. The summed E-state index contributed by atoms with van der Waals surface area (Å²) in [6.07, 6.45) is 2.85. The van der Waals surface area contributed by atoms with Crippen molar-refractivity contribution >= 4 is 5.91 Å². The van der Waals surface area contributed by atoms with Crippen LogP contribution in [0.3, 0.4) is 0 Å². The molecule has 4 heteroatoms. The number of carbonyl (C=O) groups excluding carboxylic acids is 1. The standard InChI is InChI=1S/C16H22N2O2/c17-10-15-11-18(7-8-20-15)16(19)14-6-5-12-3-1-2-4-13(12)9-14/h1-4,14-15H,5-11,17H2. The van der Waals surface area contributed by atoms with Crippen LogP contribution in [-0.2, 0) is 22.4 Å². The van der Waals surface area contributed by atoms with Crippen LogP contribution in [0.1, 0.15) is 17.5 Å². The number of benzene rings is 1. The number of aryl methyl sites for hydroxylation is 1. The fourth-order valence-corrected chi connectivity index (χ4v) is 3.23. The predicted molar refractivity (Wildman–Crippen MR) is 77.3 cm³/mol. The van der Waals surface area contributed by atoms with Crippen molar-refractivity contribution in [2.24, 2.45) is 11.7 Å². The van der Waals surface area contributed by atoms with Crippen molar-refractivity contribution in [2.75, 3.05) is 26.2 Å². The molecule has 4 nitrogen and oxygen atoms in total. The molecule has 2 N–H and O–H groups in total. The van der Waals surface area contributed by atoms with Crippen LogP contribution in [0.5, 0.6) is 0 Å². The molecule has 0 saturated carbocycles. The van der Waals surface area contributed by atoms with Crippen molar-refractivity contribution in [1.29, 1.82) is 0 Å². The highest BCUT2D eigenvalue weighted by atomic mass is 16.5. The predicted octanol–water partition coefficient (Wildman–Crippen LogP) is 0.978. The summed E-state index contributed by atoms with van der Waals surface area (Å²) in [5.74, 6) is 0.405. The van der Waals surface area contributed by atoms with Gasteiger partial charge in [-0.1, -0.05) is 24.3 Å². The third kappa shape index (κ3) is 2.72. The minimum absolute atomic E-state index is 0.00331. The summed E-state index contributed by atoms with van der Waals surface area (Å²) in [7, 11) is 0. The fraction of sp³-hybridized carbons (Fsp3) is 0.562. The van der Waals surface area contributed by atoms with E-state index in [9.17, 15) is 4.79 Å². The van der Waals surface area contributed by atoms with Gasteiger partial charge in [-0.05, 0) is 30.4 Å². The molecule has 1 aliphatic carbocycles. The summed E-state index contributed by atoms with van der Waals surface area (Å²) in [4.78, 5) is 14.6. The number of fused-ring (bicyclic) bond motifs is 1. The second-order valence-corrected chi connectivity index (χ2v) is 5.72. The Morgan fingerprint density at radius 2 is 2.15 bits per heavy atom. The molecule has 1 amide bonds. The second-order valence-electron chi connectivity index (χ2n) is 5.72. The van der Waals surface area contributed by atoms with Gasteiger partial charge in [-0.25, -0.2) is 0 Å². The van der Waals surface area contributed by atoms with Crippen molar-refractivity contribution in [3.63, 3.8) is 0 Å². The summed E-state index contributed by atoms with van der Waals surface area (Å²) in [5.41, 5.74) is 8.38. The van der Waals surface area contributed by atoms with Crippen LogP contribution in [0.15, 0.2) is 24.3 Å². The Labute approximate surface area is 119 Å². The second kappa shape index (κ2) is 5.94. The van der Waals surface area contributed by atoms with Gasteiger partial charge < -0.3 is 15.4 Å². The Balaban J connectivity index is 1.67. The minimum Gasteiger partial charge on any atom is -0.373 e. The lowest BCUT2D eigenvalue weighted by Crippen LogP contribution is -2.50. The first-order valence-electron chi connectivity index (χ1n) is 7.45. The smallest absolute Gasteiger partial charge is 0.226 e. The van der Waals surface area contributed by atoms with E-state index in [2.05, 4.69) is 24.3 Å². The summed E-state index contributed by atoms with van der Waals surface area (Å²) in [6, 6.07) is 8.46. The van der Waals surface area contributed by atoms with Crippen LogP contribution in [0.25, 0.3) is 0 Å². The van der Waals surface area contributed by atoms with Gasteiger partial charge >= 0.3 is 0 Å². The van der Waals surface area contributed by atoms with Crippen LogP contribution in [0, 0.1) is 5.92 Å². The van der Waals surface area contributed by atoms with E-state index >= 15 is 0 Å². The SMILES string of the molecule is NCC1CN(C(=O)C2CCc3ccccc3C2)CCO1. The minimum atomic E-state index is 0.00331. The lowest BCUT2D eigenvalue weighted by Gasteiger charge is -2.35. The molecular weight excluding hydrogens is 252 g/mol. The average molecular weight is 274 g/mol. The van der Waals surface area contributed by atoms with E-state index in [1.54, 1.807) is 0 Å². The molecule has 0 aromatic heterocycles. The van der Waals surface area contributed by atoms with Gasteiger partial charge in [0.1, 0.15) is 0 Å². The van der Waals surface area contributed by atoms with E-state index < -0.39 is 0 Å². The van der Waals surface area contributed by atoms with Crippen molar-refractivity contribution in [3.05, 3.63) is 35.4 Å². The number of ether oxygens (including phenoxy) is 1. The summed E-state index contributed by atoms with van der Waals surface area (Å²) in [6.45, 7) is 2.44. The number of amides is 1. The maximum Gasteiger partial charge on any atom is 0.226 e. The molecule has 20 heavy (non-hydrogen) atoms. The van der Waals surface area contributed by atoms with Crippen molar-refractivity contribution in [2.45, 2.75) is 25.4 Å². The van der Waals surface area contributed by atoms with Gasteiger partial charge in [-0.15, -0.1) is 0 Å². The fourth-order valence-electron chi connectivity index (χ4n) is 3.23. The van der Waals surface area contributed by atoms with Gasteiger partial charge in [0.2, 0.25) is 5.91 Å². The molecule has 3 rings (SSSR count). The lowest BCUT2D eigenvalue weighted by molar-refractivity contribution is -0.143. The van der Waals surface area contributed by atoms with Crippen molar-refractivity contribution in [1.82, 2.24) is 4.90 Å². The summed E-state index contributed by atoms with van der Waals surface area (Å²) < 4.78 is 5.53. The number of nitrogens with zero attached hydrogens (tertiary/aromatic N) is 1. The van der Waals surface area contributed by atoms with E-state index in [-0.39, 0.29) is 17.9 Å². The van der Waals surface area contributed by atoms with Crippen LogP contribution in [0.2, 0.25) is 0 Å². The van der Waals surface area contributed by atoms with Gasteiger partial charge in [0.05, 0.1) is 12.7 Å². The number of morpholine rings is 1. The molecule has 0 spiro atoms. The Kier molecular flexibility index (Phi) is 4.03. The largest absolute Gasteiger partial charge is 0.373 e. The van der Waals surface area contributed by atoms with E-state index in [0.29, 0.717) is 26.2 Å². The van der Waals surface area contributed by atoms with Crippen LogP contribution >= 0.6 is 0 Å². The monoisotopic (exact) mass is 274 g/mol. The van der Waals surface area contributed by atoms with E-state index in [1.807, 2.05) is 4.90 Å². The Hall–Kier alpha value is -1.39. The molecule has 0 bridgehead atoms. The van der Waals surface area contributed by atoms with E-state index in [1.165, 1.54) is 11.1 Å². The van der Waals surface area contributed by atoms with Gasteiger partial charge in [-0.2, -0.15) is 0 Å². The third-order valence-electron chi connectivity index (χ3n) is 4.41. The maximum absolute atomic E-state index is 12.7. The molecule has 2 aliphatic rings. The highest BCUT2D eigenvalue weighted by molar-refractivity contribution is 5.79. The summed E-state index contributed by atoms with van der Waals surface area (Å²) >= 11 is 0. The quantitative estimate of drug-likeness (QED) is 0.874. The molecule has 1 fully saturated rings. The zero-order valence-corrected chi connectivity index (χ0v) is 11.8. The first-order chi connectivity index (χ1) is 9.78. The molecule has 1 saturated heterocycles. The van der Waals surface area contributed by atoms with Gasteiger partial charge in [0.15, 0.2) is 0 Å². The van der Waals surface area contributed by atoms with Gasteiger partial charge in [-0.3, -0.25) is 4.79 Å². The molecule has 1 aliphatic heterocycles. The molecule has 0 radical (unpaired) electrons. The normalized spacial score (nSPS) is 26.1. The molecule has 1 heterocycles. The van der Waals surface area contributed by atoms with E-state index in [0.717, 1.165) is 19.3 Å². The van der Waals surface area contributed by atoms with Crippen molar-refractivity contribution < 1.29 is 9.53 Å².